The summed E-state index contributed by atoms with van der Waals surface area (Å²) in [5.41, 5.74) is 4.13. The molecule has 27 heavy (non-hydrogen) atoms. The Bertz CT molecular complexity index is 923. The van der Waals surface area contributed by atoms with Crippen LogP contribution in [-0.4, -0.2) is 29.1 Å². The number of anilines is 1. The van der Waals surface area contributed by atoms with E-state index in [4.69, 9.17) is 10.1 Å². The second-order valence-corrected chi connectivity index (χ2v) is 7.77. The molecule has 0 unspecified atom stereocenters. The molecule has 1 aromatic heterocycles. The van der Waals surface area contributed by atoms with Gasteiger partial charge in [-0.3, -0.25) is 4.99 Å². The Morgan fingerprint density at radius 1 is 0.963 bits per heavy atom. The van der Waals surface area contributed by atoms with Crippen molar-refractivity contribution < 1.29 is 0 Å². The molecule has 0 spiro atoms. The van der Waals surface area contributed by atoms with Crippen LogP contribution >= 0.6 is 15.9 Å². The molecule has 0 bridgehead atoms. The van der Waals surface area contributed by atoms with Crippen LogP contribution in [0.3, 0.4) is 0 Å². The lowest BCUT2D eigenvalue weighted by Gasteiger charge is -2.29. The summed E-state index contributed by atoms with van der Waals surface area (Å²) in [6, 6.07) is 18.4. The number of piperidine rings is 1. The first-order chi connectivity index (χ1) is 13.2. The molecule has 4 nitrogen and oxygen atoms in total. The molecule has 0 amide bonds. The van der Waals surface area contributed by atoms with E-state index in [9.17, 15) is 0 Å². The highest BCUT2D eigenvalue weighted by molar-refractivity contribution is 9.10. The van der Waals surface area contributed by atoms with Crippen molar-refractivity contribution in [3.63, 3.8) is 0 Å². The van der Waals surface area contributed by atoms with Crippen molar-refractivity contribution in [2.24, 2.45) is 4.99 Å². The Morgan fingerprint density at radius 2 is 1.67 bits per heavy atom. The molecule has 1 aliphatic rings. The normalized spacial score (nSPS) is 14.8. The lowest BCUT2D eigenvalue weighted by molar-refractivity contribution is 0.567. The number of halogens is 1. The third-order valence-electron chi connectivity index (χ3n) is 4.91. The summed E-state index contributed by atoms with van der Waals surface area (Å²) in [4.78, 5) is 7.17. The Balaban J connectivity index is 1.77. The summed E-state index contributed by atoms with van der Waals surface area (Å²) >= 11 is 3.47. The molecule has 0 radical (unpaired) electrons. The third-order valence-corrected chi connectivity index (χ3v) is 5.44. The van der Waals surface area contributed by atoms with Crippen LogP contribution in [-0.2, 0) is 0 Å². The van der Waals surface area contributed by atoms with Gasteiger partial charge in [-0.1, -0.05) is 34.1 Å². The van der Waals surface area contributed by atoms with Gasteiger partial charge in [0.25, 0.3) is 0 Å². The quantitative estimate of drug-likeness (QED) is 0.506. The van der Waals surface area contributed by atoms with Crippen molar-refractivity contribution >= 4 is 33.6 Å². The van der Waals surface area contributed by atoms with Crippen LogP contribution in [0.1, 0.15) is 30.5 Å². The molecular formula is C22H23BrN4. The van der Waals surface area contributed by atoms with Crippen LogP contribution in [0.4, 0.5) is 11.5 Å². The van der Waals surface area contributed by atoms with Crippen LogP contribution in [0.5, 0.6) is 0 Å². The highest BCUT2D eigenvalue weighted by Crippen LogP contribution is 2.29. The minimum absolute atomic E-state index is 0.939. The zero-order valence-electron chi connectivity index (χ0n) is 15.5. The predicted octanol–water partition coefficient (Wildman–Crippen LogP) is 5.68. The number of aromatic nitrogens is 2. The van der Waals surface area contributed by atoms with Crippen LogP contribution < -0.4 is 4.90 Å². The molecule has 3 aromatic rings. The maximum atomic E-state index is 4.86. The van der Waals surface area contributed by atoms with Crippen molar-refractivity contribution in [1.29, 1.82) is 0 Å². The second kappa shape index (κ2) is 8.09. The van der Waals surface area contributed by atoms with Gasteiger partial charge in [-0.15, -0.1) is 0 Å². The van der Waals surface area contributed by atoms with Gasteiger partial charge in [-0.2, -0.15) is 5.10 Å². The van der Waals surface area contributed by atoms with Crippen LogP contribution in [0.15, 0.2) is 64.1 Å². The summed E-state index contributed by atoms with van der Waals surface area (Å²) in [5.74, 6) is 1.15. The summed E-state index contributed by atoms with van der Waals surface area (Å²) in [6.07, 6.45) is 5.72. The Morgan fingerprint density at radius 3 is 2.37 bits per heavy atom. The molecule has 0 saturated carbocycles. The van der Waals surface area contributed by atoms with Gasteiger partial charge in [-0.25, -0.2) is 4.68 Å². The monoisotopic (exact) mass is 422 g/mol. The largest absolute Gasteiger partial charge is 0.356 e. The van der Waals surface area contributed by atoms with Crippen molar-refractivity contribution in [3.8, 4) is 5.69 Å². The highest BCUT2D eigenvalue weighted by Gasteiger charge is 2.22. The summed E-state index contributed by atoms with van der Waals surface area (Å²) in [7, 11) is 0. The van der Waals surface area contributed by atoms with Crippen LogP contribution in [0.25, 0.3) is 5.69 Å². The predicted molar refractivity (Wildman–Crippen MR) is 116 cm³/mol. The molecule has 1 aliphatic heterocycles. The molecule has 1 fully saturated rings. The maximum Gasteiger partial charge on any atom is 0.141 e. The zero-order chi connectivity index (χ0) is 18.6. The SMILES string of the molecule is Cc1nn(-c2ccccc2)c(N2CCCCC2)c1C=Nc1ccc(Br)cc1. The van der Waals surface area contributed by atoms with Crippen molar-refractivity contribution in [1.82, 2.24) is 9.78 Å². The van der Waals surface area contributed by atoms with E-state index in [0.717, 1.165) is 46.0 Å². The van der Waals surface area contributed by atoms with E-state index >= 15 is 0 Å². The van der Waals surface area contributed by atoms with Gasteiger partial charge in [0.15, 0.2) is 0 Å². The molecule has 138 valence electrons. The van der Waals surface area contributed by atoms with E-state index in [1.165, 1.54) is 19.3 Å². The molecule has 0 N–H and O–H groups in total. The third kappa shape index (κ3) is 3.98. The number of hydrogen-bond acceptors (Lipinski definition) is 3. The van der Waals surface area contributed by atoms with Gasteiger partial charge in [0.1, 0.15) is 5.82 Å². The van der Waals surface area contributed by atoms with Gasteiger partial charge in [0.05, 0.1) is 22.6 Å². The molecule has 2 heterocycles. The van der Waals surface area contributed by atoms with Gasteiger partial charge < -0.3 is 4.90 Å². The van der Waals surface area contributed by atoms with E-state index in [2.05, 4.69) is 56.7 Å². The van der Waals surface area contributed by atoms with Crippen molar-refractivity contribution in [2.45, 2.75) is 26.2 Å². The van der Waals surface area contributed by atoms with E-state index in [1.807, 2.05) is 36.5 Å². The lowest BCUT2D eigenvalue weighted by atomic mass is 10.1. The van der Waals surface area contributed by atoms with Gasteiger partial charge >= 0.3 is 0 Å². The highest BCUT2D eigenvalue weighted by atomic mass is 79.9. The molecule has 0 aliphatic carbocycles. The fourth-order valence-electron chi connectivity index (χ4n) is 3.50. The Labute approximate surface area is 168 Å². The molecule has 0 atom stereocenters. The Hall–Kier alpha value is -2.40. The first-order valence-electron chi connectivity index (χ1n) is 9.42. The van der Waals surface area contributed by atoms with E-state index in [1.54, 1.807) is 0 Å². The maximum absolute atomic E-state index is 4.86. The number of aliphatic imine (C=N–C) groups is 1. The molecule has 4 rings (SSSR count). The standard InChI is InChI=1S/C22H23BrN4/c1-17-21(16-24-19-12-10-18(23)11-13-19)22(26-14-6-3-7-15-26)27(25-17)20-8-4-2-5-9-20/h2,4-5,8-13,16H,3,6-7,14-15H2,1H3. The molecular weight excluding hydrogens is 400 g/mol. The van der Waals surface area contributed by atoms with Gasteiger partial charge in [0, 0.05) is 23.8 Å². The van der Waals surface area contributed by atoms with E-state index in [0.29, 0.717) is 0 Å². The number of rotatable bonds is 4. The fraction of sp³-hybridized carbons (Fsp3) is 0.273. The molecule has 2 aromatic carbocycles. The van der Waals surface area contributed by atoms with Crippen molar-refractivity contribution in [2.75, 3.05) is 18.0 Å². The summed E-state index contributed by atoms with van der Waals surface area (Å²) in [6.45, 7) is 4.20. The van der Waals surface area contributed by atoms with Crippen LogP contribution in [0, 0.1) is 6.92 Å². The number of aryl methyl sites for hydroxylation is 1. The number of benzene rings is 2. The fourth-order valence-corrected chi connectivity index (χ4v) is 3.77. The van der Waals surface area contributed by atoms with Crippen molar-refractivity contribution in [3.05, 3.63) is 70.3 Å². The van der Waals surface area contributed by atoms with E-state index < -0.39 is 0 Å². The smallest absolute Gasteiger partial charge is 0.141 e. The first kappa shape index (κ1) is 18.0. The molecule has 1 saturated heterocycles. The number of hydrogen-bond donors (Lipinski definition) is 0. The minimum atomic E-state index is 0.939. The summed E-state index contributed by atoms with van der Waals surface area (Å²) in [5, 5.41) is 4.86. The first-order valence-corrected chi connectivity index (χ1v) is 10.2. The second-order valence-electron chi connectivity index (χ2n) is 6.85. The number of para-hydroxylation sites is 1. The Kier molecular flexibility index (Phi) is 5.39. The van der Waals surface area contributed by atoms with Gasteiger partial charge in [0.2, 0.25) is 0 Å². The topological polar surface area (TPSA) is 33.4 Å². The number of nitrogens with zero attached hydrogens (tertiary/aromatic N) is 4. The van der Waals surface area contributed by atoms with Gasteiger partial charge in [-0.05, 0) is 62.6 Å². The van der Waals surface area contributed by atoms with Crippen LogP contribution in [0.2, 0.25) is 0 Å². The minimum Gasteiger partial charge on any atom is -0.356 e. The zero-order valence-corrected chi connectivity index (χ0v) is 17.1. The molecule has 5 heteroatoms. The average molecular weight is 423 g/mol. The van der Waals surface area contributed by atoms with E-state index in [-0.39, 0.29) is 0 Å². The lowest BCUT2D eigenvalue weighted by Crippen LogP contribution is -2.32. The summed E-state index contributed by atoms with van der Waals surface area (Å²) < 4.78 is 3.13. The average Bonchev–Trinajstić information content (AvgIpc) is 3.05.